The van der Waals surface area contributed by atoms with Crippen molar-refractivity contribution in [2.75, 3.05) is 18.6 Å². The Morgan fingerprint density at radius 3 is 2.71 bits per heavy atom. The van der Waals surface area contributed by atoms with Gasteiger partial charge in [0.2, 0.25) is 5.91 Å². The lowest BCUT2D eigenvalue weighted by Crippen LogP contribution is -2.41. The Bertz CT molecular complexity index is 523. The average molecular weight is 289 g/mol. The summed E-state index contributed by atoms with van der Waals surface area (Å²) < 4.78 is 5.27. The van der Waals surface area contributed by atoms with Gasteiger partial charge >= 0.3 is 0 Å². The van der Waals surface area contributed by atoms with Gasteiger partial charge in [0, 0.05) is 24.1 Å². The van der Waals surface area contributed by atoms with Crippen molar-refractivity contribution in [3.63, 3.8) is 0 Å². The third-order valence-electron chi connectivity index (χ3n) is 4.73. The van der Waals surface area contributed by atoms with Crippen LogP contribution in [0, 0.1) is 5.92 Å². The molecule has 1 aliphatic heterocycles. The summed E-state index contributed by atoms with van der Waals surface area (Å²) in [7, 11) is 1.62. The second-order valence-electron chi connectivity index (χ2n) is 6.05. The maximum Gasteiger partial charge on any atom is 0.230 e. The Morgan fingerprint density at radius 2 is 2.00 bits per heavy atom. The van der Waals surface area contributed by atoms with Crippen molar-refractivity contribution >= 4 is 11.6 Å². The third-order valence-corrected chi connectivity index (χ3v) is 4.73. The highest BCUT2D eigenvalue weighted by molar-refractivity contribution is 5.96. The van der Waals surface area contributed by atoms with Crippen LogP contribution in [0.25, 0.3) is 0 Å². The highest BCUT2D eigenvalue weighted by Gasteiger charge is 2.32. The van der Waals surface area contributed by atoms with Crippen LogP contribution in [0.2, 0.25) is 0 Å². The van der Waals surface area contributed by atoms with E-state index in [1.165, 1.54) is 6.42 Å². The molecule has 1 aromatic rings. The van der Waals surface area contributed by atoms with Gasteiger partial charge in [0.05, 0.1) is 18.9 Å². The summed E-state index contributed by atoms with van der Waals surface area (Å²) in [6.45, 7) is 0.594. The lowest BCUT2D eigenvalue weighted by atomic mass is 9.87. The molecule has 1 heterocycles. The van der Waals surface area contributed by atoms with E-state index >= 15 is 0 Å². The van der Waals surface area contributed by atoms with Crippen LogP contribution in [0.15, 0.2) is 18.2 Å². The number of fused-ring (bicyclic) bond motifs is 1. The minimum Gasteiger partial charge on any atom is -0.497 e. The molecular weight excluding hydrogens is 266 g/mol. The maximum atomic E-state index is 12.8. The van der Waals surface area contributed by atoms with E-state index in [0.717, 1.165) is 42.7 Å². The SMILES string of the molecule is COc1ccc2c(c1)N(C(=O)C1CCCCC1)CCC2O. The van der Waals surface area contributed by atoms with E-state index in [1.807, 2.05) is 23.1 Å². The molecule has 1 amide bonds. The fourth-order valence-electron chi connectivity index (χ4n) is 3.49. The van der Waals surface area contributed by atoms with Crippen molar-refractivity contribution in [2.45, 2.75) is 44.6 Å². The number of hydrogen-bond donors (Lipinski definition) is 1. The molecule has 1 atom stereocenters. The predicted octanol–water partition coefficient (Wildman–Crippen LogP) is 3.05. The van der Waals surface area contributed by atoms with E-state index in [9.17, 15) is 9.90 Å². The highest BCUT2D eigenvalue weighted by atomic mass is 16.5. The van der Waals surface area contributed by atoms with Gasteiger partial charge in [-0.1, -0.05) is 25.3 Å². The molecule has 1 aromatic carbocycles. The summed E-state index contributed by atoms with van der Waals surface area (Å²) in [6.07, 6.45) is 5.66. The zero-order valence-corrected chi connectivity index (χ0v) is 12.5. The van der Waals surface area contributed by atoms with Gasteiger partial charge in [-0.15, -0.1) is 0 Å². The molecule has 0 bridgehead atoms. The van der Waals surface area contributed by atoms with Crippen LogP contribution in [0.5, 0.6) is 5.75 Å². The molecule has 114 valence electrons. The molecule has 3 rings (SSSR count). The van der Waals surface area contributed by atoms with Crippen molar-refractivity contribution in [3.05, 3.63) is 23.8 Å². The molecule has 4 nitrogen and oxygen atoms in total. The zero-order chi connectivity index (χ0) is 14.8. The first-order valence-corrected chi connectivity index (χ1v) is 7.88. The number of rotatable bonds is 2. The number of benzene rings is 1. The first-order valence-electron chi connectivity index (χ1n) is 7.88. The van der Waals surface area contributed by atoms with Crippen LogP contribution < -0.4 is 9.64 Å². The standard InChI is InChI=1S/C17H23NO3/c1-21-13-7-8-14-15(11-13)18(10-9-16(14)19)17(20)12-5-3-2-4-6-12/h7-8,11-12,16,19H,2-6,9-10H2,1H3. The largest absolute Gasteiger partial charge is 0.497 e. The normalized spacial score (nSPS) is 22.8. The molecule has 1 N–H and O–H groups in total. The molecule has 0 radical (unpaired) electrons. The minimum absolute atomic E-state index is 0.146. The Balaban J connectivity index is 1.90. The first-order chi connectivity index (χ1) is 10.2. The van der Waals surface area contributed by atoms with Crippen LogP contribution in [0.4, 0.5) is 5.69 Å². The van der Waals surface area contributed by atoms with Gasteiger partial charge in [0.1, 0.15) is 5.75 Å². The van der Waals surface area contributed by atoms with Gasteiger partial charge in [-0.05, 0) is 25.3 Å². The summed E-state index contributed by atoms with van der Waals surface area (Å²) in [6, 6.07) is 5.59. The van der Waals surface area contributed by atoms with Crippen LogP contribution in [0.1, 0.15) is 50.2 Å². The molecule has 21 heavy (non-hydrogen) atoms. The highest BCUT2D eigenvalue weighted by Crippen LogP contribution is 2.38. The molecule has 2 aliphatic rings. The number of carbonyl (C=O) groups excluding carboxylic acids is 1. The molecule has 0 spiro atoms. The number of anilines is 1. The number of methoxy groups -OCH3 is 1. The number of carbonyl (C=O) groups is 1. The van der Waals surface area contributed by atoms with Crippen LogP contribution in [-0.4, -0.2) is 24.7 Å². The Labute approximate surface area is 125 Å². The summed E-state index contributed by atoms with van der Waals surface area (Å²) in [5.74, 6) is 1.09. The lowest BCUT2D eigenvalue weighted by Gasteiger charge is -2.35. The van der Waals surface area contributed by atoms with Gasteiger partial charge in [0.15, 0.2) is 0 Å². The topological polar surface area (TPSA) is 49.8 Å². The van der Waals surface area contributed by atoms with Crippen molar-refractivity contribution in [1.82, 2.24) is 0 Å². The summed E-state index contributed by atoms with van der Waals surface area (Å²) in [4.78, 5) is 14.7. The van der Waals surface area contributed by atoms with Crippen molar-refractivity contribution < 1.29 is 14.6 Å². The van der Waals surface area contributed by atoms with E-state index in [-0.39, 0.29) is 11.8 Å². The fourth-order valence-corrected chi connectivity index (χ4v) is 3.49. The molecule has 1 aliphatic carbocycles. The summed E-state index contributed by atoms with van der Waals surface area (Å²) in [5.41, 5.74) is 1.66. The molecule has 1 unspecified atom stereocenters. The first kappa shape index (κ1) is 14.4. The molecule has 1 fully saturated rings. The smallest absolute Gasteiger partial charge is 0.230 e. The second kappa shape index (κ2) is 6.06. The van der Waals surface area contributed by atoms with Gasteiger partial charge in [0.25, 0.3) is 0 Å². The van der Waals surface area contributed by atoms with Crippen LogP contribution in [0.3, 0.4) is 0 Å². The van der Waals surface area contributed by atoms with Crippen molar-refractivity contribution in [1.29, 1.82) is 0 Å². The van der Waals surface area contributed by atoms with E-state index in [4.69, 9.17) is 4.74 Å². The van der Waals surface area contributed by atoms with Gasteiger partial charge in [-0.25, -0.2) is 0 Å². The molecule has 1 saturated carbocycles. The van der Waals surface area contributed by atoms with E-state index < -0.39 is 6.10 Å². The Hall–Kier alpha value is -1.55. The monoisotopic (exact) mass is 289 g/mol. The molecule has 0 saturated heterocycles. The van der Waals surface area contributed by atoms with Crippen molar-refractivity contribution in [2.24, 2.45) is 5.92 Å². The summed E-state index contributed by atoms with van der Waals surface area (Å²) >= 11 is 0. The minimum atomic E-state index is -0.485. The van der Waals surface area contributed by atoms with Crippen LogP contribution in [-0.2, 0) is 4.79 Å². The average Bonchev–Trinajstić information content (AvgIpc) is 2.55. The van der Waals surface area contributed by atoms with E-state index in [0.29, 0.717) is 13.0 Å². The molecular formula is C17H23NO3. The molecule has 4 heteroatoms. The number of hydrogen-bond acceptors (Lipinski definition) is 3. The second-order valence-corrected chi connectivity index (χ2v) is 6.05. The number of aliphatic hydroxyl groups is 1. The predicted molar refractivity (Wildman–Crippen MR) is 81.5 cm³/mol. The van der Waals surface area contributed by atoms with Crippen LogP contribution >= 0.6 is 0 Å². The number of ether oxygens (including phenoxy) is 1. The van der Waals surface area contributed by atoms with Gasteiger partial charge in [-0.2, -0.15) is 0 Å². The van der Waals surface area contributed by atoms with Gasteiger partial charge in [-0.3, -0.25) is 4.79 Å². The number of aliphatic hydroxyl groups excluding tert-OH is 1. The third kappa shape index (κ3) is 2.77. The number of amides is 1. The maximum absolute atomic E-state index is 12.8. The van der Waals surface area contributed by atoms with Gasteiger partial charge < -0.3 is 14.7 Å². The molecule has 0 aromatic heterocycles. The quantitative estimate of drug-likeness (QED) is 0.910. The van der Waals surface area contributed by atoms with Crippen molar-refractivity contribution in [3.8, 4) is 5.75 Å². The van der Waals surface area contributed by atoms with E-state index in [2.05, 4.69) is 0 Å². The fraction of sp³-hybridized carbons (Fsp3) is 0.588. The van der Waals surface area contributed by atoms with E-state index in [1.54, 1.807) is 7.11 Å². The number of nitrogens with zero attached hydrogens (tertiary/aromatic N) is 1. The Kier molecular flexibility index (Phi) is 4.15. The zero-order valence-electron chi connectivity index (χ0n) is 12.5. The Morgan fingerprint density at radius 1 is 1.24 bits per heavy atom. The lowest BCUT2D eigenvalue weighted by molar-refractivity contribution is -0.123. The summed E-state index contributed by atoms with van der Waals surface area (Å²) in [5, 5.41) is 10.2.